The Bertz CT molecular complexity index is 257. The van der Waals surface area contributed by atoms with E-state index < -0.39 is 5.79 Å². The van der Waals surface area contributed by atoms with E-state index in [1.165, 1.54) is 0 Å². The molecular weight excluding hydrogens is 194 g/mol. The zero-order valence-electron chi connectivity index (χ0n) is 9.07. The van der Waals surface area contributed by atoms with Crippen LogP contribution >= 0.6 is 0 Å². The summed E-state index contributed by atoms with van der Waals surface area (Å²) in [5.41, 5.74) is 0. The largest absolute Gasteiger partial charge is 0.373 e. The quantitative estimate of drug-likeness (QED) is 0.696. The minimum atomic E-state index is -0.637. The molecule has 0 N–H and O–H groups in total. The smallest absolute Gasteiger partial charge is 0.192 e. The number of nitrogens with zero attached hydrogens (tertiary/aromatic N) is 1. The Balaban J connectivity index is 1.93. The van der Waals surface area contributed by atoms with E-state index in [1.54, 1.807) is 0 Å². The van der Waals surface area contributed by atoms with E-state index >= 15 is 0 Å². The van der Waals surface area contributed by atoms with E-state index in [-0.39, 0.29) is 12.2 Å². The molecule has 2 aliphatic rings. The lowest BCUT2D eigenvalue weighted by molar-refractivity contribution is -0.237. The molecule has 3 atom stereocenters. The normalized spacial score (nSPS) is 41.3. The lowest BCUT2D eigenvalue weighted by atomic mass is 10.0. The Hall–Kier alpha value is -0.630. The van der Waals surface area contributed by atoms with E-state index in [9.17, 15) is 0 Å². The van der Waals surface area contributed by atoms with E-state index in [0.29, 0.717) is 13.0 Å². The second-order valence-electron chi connectivity index (χ2n) is 4.28. The highest BCUT2D eigenvalue weighted by Gasteiger charge is 2.45. The molecule has 2 heterocycles. The highest BCUT2D eigenvalue weighted by molar-refractivity contribution is 4.88. The fraction of sp³-hybridized carbons (Fsp3) is 0.909. The molecule has 4 heteroatoms. The van der Waals surface area contributed by atoms with Gasteiger partial charge >= 0.3 is 0 Å². The lowest BCUT2D eigenvalue weighted by Gasteiger charge is -2.34. The van der Waals surface area contributed by atoms with Crippen molar-refractivity contribution >= 4 is 0 Å². The maximum atomic E-state index is 8.59. The molecule has 0 bridgehead atoms. The van der Waals surface area contributed by atoms with Gasteiger partial charge in [0.1, 0.15) is 6.10 Å². The van der Waals surface area contributed by atoms with Gasteiger partial charge in [0.25, 0.3) is 0 Å². The first-order valence-electron chi connectivity index (χ1n) is 5.55. The molecule has 0 aromatic rings. The van der Waals surface area contributed by atoms with Gasteiger partial charge in [-0.25, -0.2) is 0 Å². The van der Waals surface area contributed by atoms with Gasteiger partial charge in [-0.3, -0.25) is 0 Å². The number of hydrogen-bond acceptors (Lipinski definition) is 4. The topological polar surface area (TPSA) is 51.5 Å². The monoisotopic (exact) mass is 211 g/mol. The molecule has 2 aliphatic heterocycles. The van der Waals surface area contributed by atoms with Crippen LogP contribution in [0.2, 0.25) is 0 Å². The van der Waals surface area contributed by atoms with Gasteiger partial charge in [-0.15, -0.1) is 0 Å². The van der Waals surface area contributed by atoms with Gasteiger partial charge in [0.05, 0.1) is 25.2 Å². The predicted molar refractivity (Wildman–Crippen MR) is 53.1 cm³/mol. The zero-order valence-corrected chi connectivity index (χ0v) is 9.07. The van der Waals surface area contributed by atoms with Crippen molar-refractivity contribution < 1.29 is 14.2 Å². The first-order valence-corrected chi connectivity index (χ1v) is 5.55. The van der Waals surface area contributed by atoms with Crippen LogP contribution in [0.25, 0.3) is 0 Å². The van der Waals surface area contributed by atoms with Gasteiger partial charge in [0, 0.05) is 6.61 Å². The van der Waals surface area contributed by atoms with Crippen LogP contribution in [0.1, 0.15) is 32.6 Å². The number of hydrogen-bond donors (Lipinski definition) is 0. The van der Waals surface area contributed by atoms with Gasteiger partial charge in [0.15, 0.2) is 5.79 Å². The van der Waals surface area contributed by atoms with Gasteiger partial charge in [-0.05, 0) is 26.2 Å². The van der Waals surface area contributed by atoms with Gasteiger partial charge in [0.2, 0.25) is 0 Å². The maximum Gasteiger partial charge on any atom is 0.192 e. The summed E-state index contributed by atoms with van der Waals surface area (Å²) in [7, 11) is 0. The van der Waals surface area contributed by atoms with Crippen molar-refractivity contribution in [1.82, 2.24) is 0 Å². The molecule has 0 aliphatic carbocycles. The van der Waals surface area contributed by atoms with Crippen LogP contribution in [0.4, 0.5) is 0 Å². The Labute approximate surface area is 90.1 Å². The third-order valence-corrected chi connectivity index (χ3v) is 3.04. The van der Waals surface area contributed by atoms with Crippen LogP contribution < -0.4 is 0 Å². The zero-order chi connectivity index (χ0) is 10.7. The highest BCUT2D eigenvalue weighted by atomic mass is 16.8. The van der Waals surface area contributed by atoms with Crippen LogP contribution in [0, 0.1) is 11.3 Å². The summed E-state index contributed by atoms with van der Waals surface area (Å²) in [6, 6.07) is 2.10. The van der Waals surface area contributed by atoms with E-state index in [2.05, 4.69) is 6.07 Å². The lowest BCUT2D eigenvalue weighted by Crippen LogP contribution is -2.44. The average Bonchev–Trinajstić information content (AvgIpc) is 2.64. The molecule has 0 aromatic carbocycles. The third kappa shape index (κ3) is 2.31. The van der Waals surface area contributed by atoms with Crippen molar-refractivity contribution in [1.29, 1.82) is 5.26 Å². The van der Waals surface area contributed by atoms with E-state index in [0.717, 1.165) is 25.9 Å². The summed E-state index contributed by atoms with van der Waals surface area (Å²) >= 11 is 0. The highest BCUT2D eigenvalue weighted by Crippen LogP contribution is 2.33. The van der Waals surface area contributed by atoms with Crippen molar-refractivity contribution in [2.75, 3.05) is 13.2 Å². The average molecular weight is 211 g/mol. The maximum absolute atomic E-state index is 8.59. The molecule has 4 nitrogen and oxygen atoms in total. The van der Waals surface area contributed by atoms with Gasteiger partial charge in [-0.2, -0.15) is 5.26 Å². The second-order valence-corrected chi connectivity index (χ2v) is 4.28. The molecule has 2 fully saturated rings. The first-order chi connectivity index (χ1) is 7.24. The summed E-state index contributed by atoms with van der Waals surface area (Å²) in [6.07, 6.45) is 3.59. The molecule has 0 saturated carbocycles. The SMILES string of the molecule is CC1(C2CCCCO2)OCC(CC#N)O1. The van der Waals surface area contributed by atoms with Crippen molar-refractivity contribution in [2.24, 2.45) is 0 Å². The van der Waals surface area contributed by atoms with Crippen LogP contribution in [0.15, 0.2) is 0 Å². The van der Waals surface area contributed by atoms with Crippen molar-refractivity contribution in [3.05, 3.63) is 0 Å². The standard InChI is InChI=1S/C11H17NO3/c1-11(10-4-2-3-7-13-10)14-8-9(15-11)5-6-12/h9-10H,2-5,7-8H2,1H3. The fourth-order valence-electron chi connectivity index (χ4n) is 2.18. The van der Waals surface area contributed by atoms with E-state index in [1.807, 2.05) is 6.92 Å². The van der Waals surface area contributed by atoms with Crippen LogP contribution in [0.5, 0.6) is 0 Å². The minimum Gasteiger partial charge on any atom is -0.373 e. The summed E-state index contributed by atoms with van der Waals surface area (Å²) in [5.74, 6) is -0.637. The Morgan fingerprint density at radius 2 is 2.33 bits per heavy atom. The molecule has 2 rings (SSSR count). The Morgan fingerprint density at radius 1 is 1.47 bits per heavy atom. The molecule has 0 spiro atoms. The van der Waals surface area contributed by atoms with Gasteiger partial charge in [-0.1, -0.05) is 0 Å². The molecule has 0 amide bonds. The molecule has 0 radical (unpaired) electrons. The third-order valence-electron chi connectivity index (χ3n) is 3.04. The molecule has 15 heavy (non-hydrogen) atoms. The van der Waals surface area contributed by atoms with Crippen LogP contribution in [-0.4, -0.2) is 31.2 Å². The van der Waals surface area contributed by atoms with Crippen molar-refractivity contribution in [3.8, 4) is 6.07 Å². The fourth-order valence-corrected chi connectivity index (χ4v) is 2.18. The molecule has 3 unspecified atom stereocenters. The summed E-state index contributed by atoms with van der Waals surface area (Å²) in [6.45, 7) is 3.21. The van der Waals surface area contributed by atoms with Crippen molar-refractivity contribution in [3.63, 3.8) is 0 Å². The second kappa shape index (κ2) is 4.48. The Kier molecular flexibility index (Phi) is 3.25. The van der Waals surface area contributed by atoms with E-state index in [4.69, 9.17) is 19.5 Å². The van der Waals surface area contributed by atoms with Crippen LogP contribution in [0.3, 0.4) is 0 Å². The minimum absolute atomic E-state index is 0.0231. The number of ether oxygens (including phenoxy) is 3. The molecule has 84 valence electrons. The first kappa shape index (κ1) is 10.9. The predicted octanol–water partition coefficient (Wildman–Crippen LogP) is 1.60. The summed E-state index contributed by atoms with van der Waals surface area (Å²) < 4.78 is 17.1. The summed E-state index contributed by atoms with van der Waals surface area (Å²) in [4.78, 5) is 0. The van der Waals surface area contributed by atoms with Crippen molar-refractivity contribution in [2.45, 2.75) is 50.6 Å². The Morgan fingerprint density at radius 3 is 3.00 bits per heavy atom. The van der Waals surface area contributed by atoms with Gasteiger partial charge < -0.3 is 14.2 Å². The van der Waals surface area contributed by atoms with Crippen LogP contribution in [-0.2, 0) is 14.2 Å². The number of rotatable bonds is 2. The molecular formula is C11H17NO3. The molecule has 2 saturated heterocycles. The number of nitriles is 1. The summed E-state index contributed by atoms with van der Waals surface area (Å²) in [5, 5.41) is 8.59. The molecule has 0 aromatic heterocycles.